The Morgan fingerprint density at radius 1 is 1.12 bits per heavy atom. The van der Waals surface area contributed by atoms with Crippen LogP contribution in [0.4, 0.5) is 0 Å². The van der Waals surface area contributed by atoms with Gasteiger partial charge in [-0.15, -0.1) is 5.10 Å². The Morgan fingerprint density at radius 3 is 2.70 bits per heavy atom. The van der Waals surface area contributed by atoms with Crippen LogP contribution in [0.15, 0.2) is 71.8 Å². The Bertz CT molecular complexity index is 1540. The number of aromatic nitrogens is 5. The normalized spacial score (nSPS) is 12.1. The third kappa shape index (κ3) is 3.91. The van der Waals surface area contributed by atoms with E-state index in [0.29, 0.717) is 11.6 Å². The van der Waals surface area contributed by atoms with Gasteiger partial charge >= 0.3 is 0 Å². The monoisotopic (exact) mass is 440 g/mol. The summed E-state index contributed by atoms with van der Waals surface area (Å²) in [5, 5.41) is 9.22. The molecule has 1 atom stereocenters. The van der Waals surface area contributed by atoms with Crippen LogP contribution in [-0.4, -0.2) is 37.6 Å². The lowest BCUT2D eigenvalue weighted by Gasteiger charge is -2.12. The van der Waals surface area contributed by atoms with Gasteiger partial charge in [-0.2, -0.15) is 4.98 Å². The van der Waals surface area contributed by atoms with E-state index in [2.05, 4.69) is 25.4 Å². The first kappa shape index (κ1) is 20.4. The molecule has 5 rings (SSSR count). The number of carbonyl (C=O) groups is 1. The Labute approximate surface area is 188 Å². The number of benzene rings is 2. The Balaban J connectivity index is 1.43. The number of nitrogens with one attached hydrogen (secondary N) is 2. The second-order valence-electron chi connectivity index (χ2n) is 7.59. The average molecular weight is 440 g/mol. The maximum Gasteiger partial charge on any atom is 0.293 e. The summed E-state index contributed by atoms with van der Waals surface area (Å²) in [5.41, 5.74) is 1.81. The Hall–Kier alpha value is -4.53. The fourth-order valence-corrected chi connectivity index (χ4v) is 3.61. The summed E-state index contributed by atoms with van der Waals surface area (Å²) in [4.78, 5) is 36.5. The molecule has 0 saturated carbocycles. The SMILES string of the molecule is COc1ccc(C(C)NC(=O)c2nc3c(=O)[nH]c(-c4ccc5ccccc5c4)cn3n2)cn1. The number of carbonyl (C=O) groups excluding carboxylic acids is 1. The van der Waals surface area contributed by atoms with Crippen LogP contribution >= 0.6 is 0 Å². The van der Waals surface area contributed by atoms with Crippen molar-refractivity contribution in [2.75, 3.05) is 7.11 Å². The number of amides is 1. The van der Waals surface area contributed by atoms with Gasteiger partial charge in [0, 0.05) is 17.8 Å². The molecule has 9 heteroatoms. The van der Waals surface area contributed by atoms with Gasteiger partial charge in [0.15, 0.2) is 0 Å². The van der Waals surface area contributed by atoms with Crippen LogP contribution in [0, 0.1) is 0 Å². The number of rotatable bonds is 5. The minimum atomic E-state index is -0.492. The molecule has 2 N–H and O–H groups in total. The summed E-state index contributed by atoms with van der Waals surface area (Å²) in [6, 6.07) is 17.1. The smallest absolute Gasteiger partial charge is 0.293 e. The third-order valence-electron chi connectivity index (χ3n) is 5.41. The molecular weight excluding hydrogens is 420 g/mol. The summed E-state index contributed by atoms with van der Waals surface area (Å²) in [6.45, 7) is 1.82. The highest BCUT2D eigenvalue weighted by atomic mass is 16.5. The minimum absolute atomic E-state index is 0.0449. The quantitative estimate of drug-likeness (QED) is 0.434. The average Bonchev–Trinajstić information content (AvgIpc) is 3.29. The van der Waals surface area contributed by atoms with Gasteiger partial charge in [-0.3, -0.25) is 9.59 Å². The molecule has 0 radical (unpaired) electrons. The lowest BCUT2D eigenvalue weighted by atomic mass is 10.1. The number of pyridine rings is 1. The van der Waals surface area contributed by atoms with E-state index in [1.54, 1.807) is 18.5 Å². The van der Waals surface area contributed by atoms with Crippen molar-refractivity contribution in [3.05, 3.63) is 88.7 Å². The predicted molar refractivity (Wildman–Crippen MR) is 123 cm³/mol. The zero-order valence-electron chi connectivity index (χ0n) is 17.9. The van der Waals surface area contributed by atoms with Gasteiger partial charge in [-0.1, -0.05) is 42.5 Å². The molecule has 0 aliphatic rings. The topological polar surface area (TPSA) is 114 Å². The van der Waals surface area contributed by atoms with Gasteiger partial charge in [0.05, 0.1) is 25.0 Å². The maximum atomic E-state index is 12.7. The maximum absolute atomic E-state index is 12.7. The van der Waals surface area contributed by atoms with E-state index in [1.165, 1.54) is 11.6 Å². The number of methoxy groups -OCH3 is 1. The standard InChI is InChI=1S/C24H20N6O3/c1-14(18-9-10-20(33-2)25-12-18)26-23(31)21-28-22-24(32)27-19(13-30(22)29-21)17-8-7-15-5-3-4-6-16(15)11-17/h3-14H,1-2H3,(H,26,31)(H,27,32). The molecule has 2 aromatic carbocycles. The van der Waals surface area contributed by atoms with Crippen LogP contribution in [0.3, 0.4) is 0 Å². The lowest BCUT2D eigenvalue weighted by Crippen LogP contribution is -2.27. The van der Waals surface area contributed by atoms with Gasteiger partial charge in [0.2, 0.25) is 17.4 Å². The van der Waals surface area contributed by atoms with Crippen molar-refractivity contribution in [3.63, 3.8) is 0 Å². The molecule has 0 aliphatic heterocycles. The molecule has 0 spiro atoms. The highest BCUT2D eigenvalue weighted by molar-refractivity contribution is 5.91. The van der Waals surface area contributed by atoms with Crippen molar-refractivity contribution >= 4 is 22.3 Å². The fourth-order valence-electron chi connectivity index (χ4n) is 3.61. The van der Waals surface area contributed by atoms with E-state index in [9.17, 15) is 9.59 Å². The first-order valence-electron chi connectivity index (χ1n) is 10.3. The number of fused-ring (bicyclic) bond motifs is 2. The number of hydrogen-bond donors (Lipinski definition) is 2. The largest absolute Gasteiger partial charge is 0.481 e. The van der Waals surface area contributed by atoms with Crippen LogP contribution in [0.2, 0.25) is 0 Å². The molecule has 3 heterocycles. The van der Waals surface area contributed by atoms with Gasteiger partial charge in [0.25, 0.3) is 11.5 Å². The zero-order chi connectivity index (χ0) is 22.9. The van der Waals surface area contributed by atoms with E-state index in [0.717, 1.165) is 21.9 Å². The molecule has 3 aromatic heterocycles. The number of hydrogen-bond acceptors (Lipinski definition) is 6. The molecule has 9 nitrogen and oxygen atoms in total. The Kier molecular flexibility index (Phi) is 5.06. The third-order valence-corrected chi connectivity index (χ3v) is 5.41. The number of aromatic amines is 1. The minimum Gasteiger partial charge on any atom is -0.481 e. The van der Waals surface area contributed by atoms with E-state index in [-0.39, 0.29) is 17.5 Å². The summed E-state index contributed by atoms with van der Waals surface area (Å²) >= 11 is 0. The number of nitrogens with zero attached hydrogens (tertiary/aromatic N) is 4. The number of H-pyrrole nitrogens is 1. The second-order valence-corrected chi connectivity index (χ2v) is 7.59. The summed E-state index contributed by atoms with van der Waals surface area (Å²) < 4.78 is 6.38. The van der Waals surface area contributed by atoms with Crippen molar-refractivity contribution in [1.29, 1.82) is 0 Å². The van der Waals surface area contributed by atoms with E-state index >= 15 is 0 Å². The van der Waals surface area contributed by atoms with Crippen molar-refractivity contribution in [1.82, 2.24) is 29.9 Å². The molecule has 33 heavy (non-hydrogen) atoms. The van der Waals surface area contributed by atoms with Crippen LogP contribution in [0.5, 0.6) is 5.88 Å². The van der Waals surface area contributed by atoms with Crippen molar-refractivity contribution in [3.8, 4) is 17.1 Å². The summed E-state index contributed by atoms with van der Waals surface area (Å²) in [5.74, 6) is -0.0982. The van der Waals surface area contributed by atoms with E-state index < -0.39 is 11.5 Å². The van der Waals surface area contributed by atoms with Crippen molar-refractivity contribution in [2.45, 2.75) is 13.0 Å². The van der Waals surface area contributed by atoms with E-state index in [1.807, 2.05) is 55.5 Å². The fraction of sp³-hybridized carbons (Fsp3) is 0.125. The molecule has 5 aromatic rings. The van der Waals surface area contributed by atoms with Crippen LogP contribution in [-0.2, 0) is 0 Å². The highest BCUT2D eigenvalue weighted by Crippen LogP contribution is 2.22. The molecule has 0 aliphatic carbocycles. The molecule has 0 bridgehead atoms. The van der Waals surface area contributed by atoms with Crippen LogP contribution < -0.4 is 15.6 Å². The zero-order valence-corrected chi connectivity index (χ0v) is 17.9. The molecule has 0 saturated heterocycles. The Morgan fingerprint density at radius 2 is 1.94 bits per heavy atom. The summed E-state index contributed by atoms with van der Waals surface area (Å²) in [7, 11) is 1.54. The van der Waals surface area contributed by atoms with Crippen LogP contribution in [0.1, 0.15) is 29.1 Å². The van der Waals surface area contributed by atoms with Gasteiger partial charge < -0.3 is 15.0 Å². The lowest BCUT2D eigenvalue weighted by molar-refractivity contribution is 0.0929. The molecule has 1 amide bonds. The van der Waals surface area contributed by atoms with Gasteiger partial charge in [0.1, 0.15) is 0 Å². The molecule has 1 unspecified atom stereocenters. The van der Waals surface area contributed by atoms with Gasteiger partial charge in [-0.05, 0) is 29.3 Å². The van der Waals surface area contributed by atoms with Crippen molar-refractivity contribution < 1.29 is 9.53 Å². The molecule has 0 fully saturated rings. The molecule has 164 valence electrons. The number of ether oxygens (including phenoxy) is 1. The second kappa shape index (κ2) is 8.19. The highest BCUT2D eigenvalue weighted by Gasteiger charge is 2.18. The molecular formula is C24H20N6O3. The van der Waals surface area contributed by atoms with Crippen LogP contribution in [0.25, 0.3) is 27.7 Å². The first-order chi connectivity index (χ1) is 16.0. The predicted octanol–water partition coefficient (Wildman–Crippen LogP) is 3.13. The summed E-state index contributed by atoms with van der Waals surface area (Å²) in [6.07, 6.45) is 3.28. The van der Waals surface area contributed by atoms with E-state index in [4.69, 9.17) is 4.74 Å². The van der Waals surface area contributed by atoms with Gasteiger partial charge in [-0.25, -0.2) is 9.50 Å². The van der Waals surface area contributed by atoms with Crippen molar-refractivity contribution in [2.24, 2.45) is 0 Å². The first-order valence-corrected chi connectivity index (χ1v) is 10.3.